The van der Waals surface area contributed by atoms with Crippen molar-refractivity contribution >= 4 is 11.8 Å². The van der Waals surface area contributed by atoms with Crippen LogP contribution < -0.4 is 0 Å². The molecule has 0 saturated carbocycles. The first-order chi connectivity index (χ1) is 11.2. The van der Waals surface area contributed by atoms with Crippen LogP contribution in [-0.4, -0.2) is 38.3 Å². The first-order valence-corrected chi connectivity index (χ1v) is 9.79. The van der Waals surface area contributed by atoms with E-state index in [9.17, 15) is 0 Å². The van der Waals surface area contributed by atoms with Gasteiger partial charge in [-0.25, -0.2) is 4.68 Å². The molecule has 122 valence electrons. The van der Waals surface area contributed by atoms with Crippen molar-refractivity contribution in [2.45, 2.75) is 50.9 Å². The molecule has 2 heterocycles. The van der Waals surface area contributed by atoms with E-state index < -0.39 is 0 Å². The standard InChI is InChI=1S/C19H25N3S/c1-14-15(2)23-12-11-21(14)13-18-17-9-6-10-19(17)22(20-18)16-7-4-3-5-8-16/h3-5,7-8,14-15H,6,9-13H2,1-2H3/t14-,15+/m1/s1. The number of thioether (sulfide) groups is 1. The van der Waals surface area contributed by atoms with Gasteiger partial charge in [0, 0.05) is 35.8 Å². The minimum absolute atomic E-state index is 0.632. The van der Waals surface area contributed by atoms with Crippen molar-refractivity contribution in [2.75, 3.05) is 12.3 Å². The van der Waals surface area contributed by atoms with E-state index in [1.54, 1.807) is 0 Å². The van der Waals surface area contributed by atoms with Crippen molar-refractivity contribution in [1.29, 1.82) is 0 Å². The van der Waals surface area contributed by atoms with E-state index in [0.29, 0.717) is 11.3 Å². The zero-order chi connectivity index (χ0) is 15.8. The number of aromatic nitrogens is 2. The van der Waals surface area contributed by atoms with Crippen LogP contribution >= 0.6 is 11.8 Å². The maximum atomic E-state index is 5.02. The summed E-state index contributed by atoms with van der Waals surface area (Å²) in [5.74, 6) is 1.24. The molecule has 1 fully saturated rings. The highest BCUT2D eigenvalue weighted by Gasteiger charge is 2.29. The third-order valence-electron chi connectivity index (χ3n) is 5.38. The maximum absolute atomic E-state index is 5.02. The predicted molar refractivity (Wildman–Crippen MR) is 97.4 cm³/mol. The Labute approximate surface area is 143 Å². The van der Waals surface area contributed by atoms with Crippen LogP contribution in [0.2, 0.25) is 0 Å². The lowest BCUT2D eigenvalue weighted by atomic mass is 10.1. The molecule has 4 heteroatoms. The van der Waals surface area contributed by atoms with Gasteiger partial charge >= 0.3 is 0 Å². The lowest BCUT2D eigenvalue weighted by Gasteiger charge is -2.37. The van der Waals surface area contributed by atoms with Crippen LogP contribution in [0, 0.1) is 0 Å². The summed E-state index contributed by atoms with van der Waals surface area (Å²) in [6.07, 6.45) is 3.64. The summed E-state index contributed by atoms with van der Waals surface area (Å²) >= 11 is 2.10. The number of benzene rings is 1. The van der Waals surface area contributed by atoms with Crippen LogP contribution in [-0.2, 0) is 19.4 Å². The van der Waals surface area contributed by atoms with Crippen molar-refractivity contribution in [2.24, 2.45) is 0 Å². The van der Waals surface area contributed by atoms with Gasteiger partial charge in [0.25, 0.3) is 0 Å². The molecule has 23 heavy (non-hydrogen) atoms. The first kappa shape index (κ1) is 15.3. The summed E-state index contributed by atoms with van der Waals surface area (Å²) in [5, 5.41) is 5.74. The molecular formula is C19H25N3S. The number of hydrogen-bond acceptors (Lipinski definition) is 3. The van der Waals surface area contributed by atoms with Gasteiger partial charge in [-0.15, -0.1) is 0 Å². The summed E-state index contributed by atoms with van der Waals surface area (Å²) in [4.78, 5) is 2.62. The summed E-state index contributed by atoms with van der Waals surface area (Å²) in [6.45, 7) is 6.91. The van der Waals surface area contributed by atoms with Gasteiger partial charge in [0.2, 0.25) is 0 Å². The van der Waals surface area contributed by atoms with E-state index in [-0.39, 0.29) is 0 Å². The zero-order valence-corrected chi connectivity index (χ0v) is 14.9. The van der Waals surface area contributed by atoms with E-state index in [1.165, 1.54) is 54.2 Å². The minimum atomic E-state index is 0.632. The van der Waals surface area contributed by atoms with Gasteiger partial charge in [0.05, 0.1) is 11.4 Å². The van der Waals surface area contributed by atoms with Gasteiger partial charge in [-0.05, 0) is 43.9 Å². The lowest BCUT2D eigenvalue weighted by molar-refractivity contribution is 0.201. The predicted octanol–water partition coefficient (Wildman–Crippen LogP) is 3.69. The average molecular weight is 327 g/mol. The van der Waals surface area contributed by atoms with E-state index in [4.69, 9.17) is 5.10 Å². The number of para-hydroxylation sites is 1. The number of nitrogens with zero attached hydrogens (tertiary/aromatic N) is 3. The zero-order valence-electron chi connectivity index (χ0n) is 14.0. The molecule has 1 saturated heterocycles. The molecule has 0 bridgehead atoms. The number of fused-ring (bicyclic) bond motifs is 1. The topological polar surface area (TPSA) is 21.1 Å². The van der Waals surface area contributed by atoms with Gasteiger partial charge in [0.1, 0.15) is 0 Å². The second-order valence-corrected chi connectivity index (χ2v) is 8.24. The molecule has 1 aromatic heterocycles. The molecule has 2 atom stereocenters. The fourth-order valence-corrected chi connectivity index (χ4v) is 5.00. The molecule has 0 N–H and O–H groups in total. The van der Waals surface area contributed by atoms with E-state index in [1.807, 2.05) is 0 Å². The molecule has 2 aliphatic rings. The highest BCUT2D eigenvalue weighted by atomic mass is 32.2. The molecule has 1 aromatic carbocycles. The summed E-state index contributed by atoms with van der Waals surface area (Å²) in [5.41, 5.74) is 5.48. The number of rotatable bonds is 3. The molecule has 0 radical (unpaired) electrons. The van der Waals surface area contributed by atoms with Crippen LogP contribution in [0.5, 0.6) is 0 Å². The molecule has 0 spiro atoms. The minimum Gasteiger partial charge on any atom is -0.293 e. The van der Waals surface area contributed by atoms with Gasteiger partial charge < -0.3 is 0 Å². The summed E-state index contributed by atoms with van der Waals surface area (Å²) in [7, 11) is 0. The molecule has 1 aliphatic carbocycles. The highest BCUT2D eigenvalue weighted by molar-refractivity contribution is 8.00. The van der Waals surface area contributed by atoms with Crippen molar-refractivity contribution < 1.29 is 0 Å². The molecule has 0 unspecified atom stereocenters. The van der Waals surface area contributed by atoms with Crippen LogP contribution in [0.25, 0.3) is 5.69 Å². The fourth-order valence-electron chi connectivity index (χ4n) is 3.83. The van der Waals surface area contributed by atoms with E-state index in [2.05, 4.69) is 65.5 Å². The largest absolute Gasteiger partial charge is 0.293 e. The normalized spacial score (nSPS) is 24.8. The number of hydrogen-bond donors (Lipinski definition) is 0. The molecule has 3 nitrogen and oxygen atoms in total. The molecule has 4 rings (SSSR count). The van der Waals surface area contributed by atoms with E-state index >= 15 is 0 Å². The smallest absolute Gasteiger partial charge is 0.0804 e. The molecular weight excluding hydrogens is 302 g/mol. The highest BCUT2D eigenvalue weighted by Crippen LogP contribution is 2.31. The van der Waals surface area contributed by atoms with Crippen LogP contribution in [0.15, 0.2) is 30.3 Å². The SMILES string of the molecule is C[C@@H]1SCCN(Cc2nn(-c3ccccc3)c3c2CCC3)[C@@H]1C. The Hall–Kier alpha value is -1.26. The molecule has 0 amide bonds. The van der Waals surface area contributed by atoms with Crippen molar-refractivity contribution in [3.8, 4) is 5.69 Å². The first-order valence-electron chi connectivity index (χ1n) is 8.75. The average Bonchev–Trinajstić information content (AvgIpc) is 3.16. The second-order valence-electron chi connectivity index (χ2n) is 6.76. The quantitative estimate of drug-likeness (QED) is 0.858. The van der Waals surface area contributed by atoms with Crippen LogP contribution in [0.4, 0.5) is 0 Å². The van der Waals surface area contributed by atoms with Gasteiger partial charge in [-0.1, -0.05) is 25.1 Å². The Morgan fingerprint density at radius 3 is 2.83 bits per heavy atom. The van der Waals surface area contributed by atoms with Gasteiger partial charge in [-0.3, -0.25) is 4.90 Å². The van der Waals surface area contributed by atoms with Crippen molar-refractivity contribution in [3.05, 3.63) is 47.3 Å². The second kappa shape index (κ2) is 6.33. The van der Waals surface area contributed by atoms with E-state index in [0.717, 1.165) is 6.54 Å². The lowest BCUT2D eigenvalue weighted by Crippen LogP contribution is -2.44. The third kappa shape index (κ3) is 2.83. The van der Waals surface area contributed by atoms with Crippen LogP contribution in [0.1, 0.15) is 37.2 Å². The van der Waals surface area contributed by atoms with Gasteiger partial charge in [-0.2, -0.15) is 16.9 Å². The maximum Gasteiger partial charge on any atom is 0.0804 e. The summed E-state index contributed by atoms with van der Waals surface area (Å²) in [6, 6.07) is 11.2. The molecule has 2 aromatic rings. The monoisotopic (exact) mass is 327 g/mol. The third-order valence-corrected chi connectivity index (χ3v) is 6.72. The van der Waals surface area contributed by atoms with Crippen molar-refractivity contribution in [3.63, 3.8) is 0 Å². The Morgan fingerprint density at radius 2 is 2.00 bits per heavy atom. The fraction of sp³-hybridized carbons (Fsp3) is 0.526. The van der Waals surface area contributed by atoms with Crippen molar-refractivity contribution in [1.82, 2.24) is 14.7 Å². The summed E-state index contributed by atoms with van der Waals surface area (Å²) < 4.78 is 2.20. The molecule has 1 aliphatic heterocycles. The Kier molecular flexibility index (Phi) is 4.20. The Bertz CT molecular complexity index is 679. The Balaban J connectivity index is 1.65. The van der Waals surface area contributed by atoms with Gasteiger partial charge in [0.15, 0.2) is 0 Å². The van der Waals surface area contributed by atoms with Crippen LogP contribution in [0.3, 0.4) is 0 Å². The Morgan fingerprint density at radius 1 is 1.17 bits per heavy atom.